The highest BCUT2D eigenvalue weighted by Crippen LogP contribution is 2.26. The molecule has 0 atom stereocenters. The third-order valence-corrected chi connectivity index (χ3v) is 4.10. The van der Waals surface area contributed by atoms with Crippen LogP contribution in [0.1, 0.15) is 39.0 Å². The van der Waals surface area contributed by atoms with Gasteiger partial charge in [-0.3, -0.25) is 9.48 Å². The summed E-state index contributed by atoms with van der Waals surface area (Å²) in [7, 11) is 1.67. The van der Waals surface area contributed by atoms with Crippen LogP contribution in [-0.2, 0) is 24.8 Å². The van der Waals surface area contributed by atoms with Gasteiger partial charge in [0.15, 0.2) is 5.69 Å². The summed E-state index contributed by atoms with van der Waals surface area (Å²) in [5.41, 5.74) is 1.97. The Hall–Kier alpha value is -3.03. The molecular weight excluding hydrogens is 326 g/mol. The number of benzene rings is 1. The molecule has 1 aromatic carbocycles. The topological polar surface area (TPSA) is 105 Å². The van der Waals surface area contributed by atoms with Gasteiger partial charge in [-0.1, -0.05) is 0 Å². The van der Waals surface area contributed by atoms with E-state index in [1.807, 2.05) is 0 Å². The van der Waals surface area contributed by atoms with Crippen LogP contribution < -0.4 is 0 Å². The molecule has 8 nitrogen and oxygen atoms in total. The van der Waals surface area contributed by atoms with Crippen molar-refractivity contribution >= 4 is 11.9 Å². The van der Waals surface area contributed by atoms with Crippen LogP contribution in [0.5, 0.6) is 11.5 Å². The van der Waals surface area contributed by atoms with Crippen LogP contribution in [0.2, 0.25) is 0 Å². The van der Waals surface area contributed by atoms with Crippen molar-refractivity contribution in [1.82, 2.24) is 14.7 Å². The van der Waals surface area contributed by atoms with E-state index in [2.05, 4.69) is 5.10 Å². The van der Waals surface area contributed by atoms with E-state index in [0.717, 1.165) is 11.8 Å². The number of aromatic nitrogens is 2. The molecule has 2 N–H and O–H groups in total. The Kier molecular flexibility index (Phi) is 4.35. The zero-order valence-electron chi connectivity index (χ0n) is 14.0. The highest BCUT2D eigenvalue weighted by atomic mass is 16.5. The van der Waals surface area contributed by atoms with Crippen molar-refractivity contribution in [2.75, 3.05) is 13.2 Å². The molecule has 0 unspecified atom stereocenters. The Bertz CT molecular complexity index is 823. The minimum absolute atomic E-state index is 0.183. The summed E-state index contributed by atoms with van der Waals surface area (Å²) in [5, 5.41) is 23.5. The Labute approximate surface area is 144 Å². The molecule has 0 bridgehead atoms. The first-order valence-electron chi connectivity index (χ1n) is 7.95. The van der Waals surface area contributed by atoms with Crippen molar-refractivity contribution in [3.63, 3.8) is 0 Å². The maximum Gasteiger partial charge on any atom is 0.356 e. The predicted octanol–water partition coefficient (Wildman–Crippen LogP) is 1.21. The van der Waals surface area contributed by atoms with E-state index >= 15 is 0 Å². The zero-order chi connectivity index (χ0) is 18.1. The van der Waals surface area contributed by atoms with E-state index in [-0.39, 0.29) is 36.1 Å². The average molecular weight is 345 g/mol. The number of carbonyl (C=O) groups is 2. The first-order chi connectivity index (χ1) is 11.9. The number of hydrogen-bond acceptors (Lipinski definition) is 6. The van der Waals surface area contributed by atoms with Crippen molar-refractivity contribution in [2.45, 2.75) is 19.9 Å². The summed E-state index contributed by atoms with van der Waals surface area (Å²) >= 11 is 0. The summed E-state index contributed by atoms with van der Waals surface area (Å²) in [5.74, 6) is -1.18. The van der Waals surface area contributed by atoms with E-state index in [1.165, 1.54) is 16.8 Å². The Morgan fingerprint density at radius 2 is 1.92 bits per heavy atom. The monoisotopic (exact) mass is 345 g/mol. The average Bonchev–Trinajstić information content (AvgIpc) is 2.88. The minimum Gasteiger partial charge on any atom is -0.508 e. The van der Waals surface area contributed by atoms with Gasteiger partial charge in [0.1, 0.15) is 11.5 Å². The summed E-state index contributed by atoms with van der Waals surface area (Å²) in [6.45, 7) is 2.63. The molecule has 0 aliphatic carbocycles. The number of hydrogen-bond donors (Lipinski definition) is 2. The number of phenols is 2. The zero-order valence-corrected chi connectivity index (χ0v) is 14.0. The standard InChI is InChI=1S/C17H19N3O5/c1-3-25-17(24)15-13-9-20(5-4-14(13)18-19(15)2)16(23)10-6-11(21)8-12(22)7-10/h6-8,21-22H,3-5,9H2,1-2H3. The molecular formula is C17H19N3O5. The number of rotatable bonds is 3. The number of amides is 1. The molecule has 1 amide bonds. The fourth-order valence-electron chi connectivity index (χ4n) is 3.03. The van der Waals surface area contributed by atoms with Crippen LogP contribution in [0.15, 0.2) is 18.2 Å². The molecule has 0 radical (unpaired) electrons. The second kappa shape index (κ2) is 6.46. The fourth-order valence-corrected chi connectivity index (χ4v) is 3.03. The summed E-state index contributed by atoms with van der Waals surface area (Å²) in [6.07, 6.45) is 0.513. The minimum atomic E-state index is -0.469. The molecule has 25 heavy (non-hydrogen) atoms. The largest absolute Gasteiger partial charge is 0.508 e. The Morgan fingerprint density at radius 3 is 2.56 bits per heavy atom. The third kappa shape index (κ3) is 3.15. The first-order valence-corrected chi connectivity index (χ1v) is 7.95. The number of nitrogens with zero attached hydrogens (tertiary/aromatic N) is 3. The molecule has 2 aromatic rings. The van der Waals surface area contributed by atoms with Gasteiger partial charge < -0.3 is 19.8 Å². The van der Waals surface area contributed by atoms with Crippen LogP contribution >= 0.6 is 0 Å². The van der Waals surface area contributed by atoms with Crippen LogP contribution in [0, 0.1) is 0 Å². The summed E-state index contributed by atoms with van der Waals surface area (Å²) < 4.78 is 6.56. The summed E-state index contributed by atoms with van der Waals surface area (Å²) in [6, 6.07) is 3.76. The number of carbonyl (C=O) groups excluding carboxylic acids is 2. The molecule has 3 rings (SSSR count). The first kappa shape index (κ1) is 16.8. The molecule has 132 valence electrons. The maximum atomic E-state index is 12.7. The van der Waals surface area contributed by atoms with Crippen molar-refractivity contribution in [3.8, 4) is 11.5 Å². The molecule has 0 saturated carbocycles. The molecule has 1 aliphatic heterocycles. The lowest BCUT2D eigenvalue weighted by Gasteiger charge is -2.27. The Morgan fingerprint density at radius 1 is 1.24 bits per heavy atom. The lowest BCUT2D eigenvalue weighted by Crippen LogP contribution is -2.36. The van der Waals surface area contributed by atoms with Gasteiger partial charge >= 0.3 is 5.97 Å². The molecule has 0 fully saturated rings. The van der Waals surface area contributed by atoms with E-state index in [4.69, 9.17) is 4.74 Å². The van der Waals surface area contributed by atoms with Crippen molar-refractivity contribution in [3.05, 3.63) is 40.7 Å². The highest BCUT2D eigenvalue weighted by molar-refractivity contribution is 5.95. The van der Waals surface area contributed by atoms with Gasteiger partial charge in [0, 0.05) is 37.2 Å². The number of aromatic hydroxyl groups is 2. The van der Waals surface area contributed by atoms with Gasteiger partial charge in [-0.25, -0.2) is 4.79 Å². The van der Waals surface area contributed by atoms with Crippen LogP contribution in [-0.4, -0.2) is 49.9 Å². The molecule has 0 saturated heterocycles. The molecule has 1 aromatic heterocycles. The lowest BCUT2D eigenvalue weighted by molar-refractivity contribution is 0.0508. The highest BCUT2D eigenvalue weighted by Gasteiger charge is 2.30. The Balaban J connectivity index is 1.90. The maximum absolute atomic E-state index is 12.7. The molecule has 0 spiro atoms. The fraction of sp³-hybridized carbons (Fsp3) is 0.353. The van der Waals surface area contributed by atoms with Crippen molar-refractivity contribution < 1.29 is 24.5 Å². The smallest absolute Gasteiger partial charge is 0.356 e. The number of fused-ring (bicyclic) bond motifs is 1. The number of esters is 1. The van der Waals surface area contributed by atoms with E-state index in [9.17, 15) is 19.8 Å². The number of ether oxygens (including phenoxy) is 1. The van der Waals surface area contributed by atoms with Gasteiger partial charge in [0.2, 0.25) is 0 Å². The quantitative estimate of drug-likeness (QED) is 0.810. The van der Waals surface area contributed by atoms with Gasteiger partial charge in [0.05, 0.1) is 18.8 Å². The van der Waals surface area contributed by atoms with Gasteiger partial charge in [-0.05, 0) is 19.1 Å². The van der Waals surface area contributed by atoms with E-state index < -0.39 is 5.97 Å². The number of phenolic OH excluding ortho intramolecular Hbond substituents is 2. The van der Waals surface area contributed by atoms with Crippen LogP contribution in [0.4, 0.5) is 0 Å². The van der Waals surface area contributed by atoms with Gasteiger partial charge in [-0.2, -0.15) is 5.10 Å². The molecule has 2 heterocycles. The predicted molar refractivity (Wildman–Crippen MR) is 87.4 cm³/mol. The molecule has 8 heteroatoms. The van der Waals surface area contributed by atoms with E-state index in [0.29, 0.717) is 24.2 Å². The van der Waals surface area contributed by atoms with Crippen LogP contribution in [0.25, 0.3) is 0 Å². The van der Waals surface area contributed by atoms with Crippen LogP contribution in [0.3, 0.4) is 0 Å². The lowest BCUT2D eigenvalue weighted by atomic mass is 10.0. The number of aryl methyl sites for hydroxylation is 1. The van der Waals surface area contributed by atoms with E-state index in [1.54, 1.807) is 18.9 Å². The SMILES string of the molecule is CCOC(=O)c1c2c(nn1C)CCN(C(=O)c1cc(O)cc(O)c1)C2. The van der Waals surface area contributed by atoms with Gasteiger partial charge in [-0.15, -0.1) is 0 Å². The summed E-state index contributed by atoms with van der Waals surface area (Å²) in [4.78, 5) is 26.4. The van der Waals surface area contributed by atoms with Crippen molar-refractivity contribution in [2.24, 2.45) is 7.05 Å². The molecule has 1 aliphatic rings. The van der Waals surface area contributed by atoms with Crippen molar-refractivity contribution in [1.29, 1.82) is 0 Å². The normalized spacial score (nSPS) is 13.4. The second-order valence-corrected chi connectivity index (χ2v) is 5.83. The third-order valence-electron chi connectivity index (χ3n) is 4.10. The second-order valence-electron chi connectivity index (χ2n) is 5.83. The van der Waals surface area contributed by atoms with Gasteiger partial charge in [0.25, 0.3) is 5.91 Å².